The fraction of sp³-hybridized carbons (Fsp3) is 0.370. The van der Waals surface area contributed by atoms with Crippen LogP contribution in [0.25, 0.3) is 0 Å². The Morgan fingerprint density at radius 3 is 2.53 bits per heavy atom. The van der Waals surface area contributed by atoms with Crippen molar-refractivity contribution in [1.29, 1.82) is 0 Å². The highest BCUT2D eigenvalue weighted by molar-refractivity contribution is 7.99. The molecule has 7 heteroatoms. The molecule has 0 saturated carbocycles. The van der Waals surface area contributed by atoms with Crippen LogP contribution in [0.1, 0.15) is 73.0 Å². The zero-order valence-electron chi connectivity index (χ0n) is 20.1. The lowest BCUT2D eigenvalue weighted by Gasteiger charge is -2.32. The third-order valence-electron chi connectivity index (χ3n) is 6.28. The number of Topliss-reactive ketones (excluding diaryl/α,β-unsaturated/α-hetero) is 1. The van der Waals surface area contributed by atoms with E-state index in [9.17, 15) is 9.59 Å². The molecular weight excluding hydrogens is 444 g/mol. The molecule has 4 rings (SSSR count). The van der Waals surface area contributed by atoms with Gasteiger partial charge in [-0.1, -0.05) is 32.9 Å². The van der Waals surface area contributed by atoms with E-state index in [4.69, 9.17) is 0 Å². The smallest absolute Gasteiger partial charge is 0.229 e. The van der Waals surface area contributed by atoms with Crippen LogP contribution >= 0.6 is 11.8 Å². The first-order chi connectivity index (χ1) is 16.3. The van der Waals surface area contributed by atoms with E-state index in [1.54, 1.807) is 36.3 Å². The van der Waals surface area contributed by atoms with Gasteiger partial charge in [0.25, 0.3) is 0 Å². The van der Waals surface area contributed by atoms with Crippen LogP contribution < -0.4 is 5.32 Å². The maximum atomic E-state index is 13.4. The Bertz CT molecular complexity index is 1190. The van der Waals surface area contributed by atoms with Gasteiger partial charge in [-0.05, 0) is 61.3 Å². The van der Waals surface area contributed by atoms with Crippen molar-refractivity contribution in [3.8, 4) is 0 Å². The number of aromatic nitrogens is 3. The number of rotatable bonds is 7. The molecule has 1 atom stereocenters. The van der Waals surface area contributed by atoms with Crippen molar-refractivity contribution in [1.82, 2.24) is 15.0 Å². The molecule has 2 heterocycles. The average Bonchev–Trinajstić information content (AvgIpc) is 2.83. The number of pyridine rings is 1. The Morgan fingerprint density at radius 1 is 1.12 bits per heavy atom. The van der Waals surface area contributed by atoms with E-state index in [0.29, 0.717) is 35.6 Å². The Labute approximate surface area is 205 Å². The lowest BCUT2D eigenvalue weighted by Crippen LogP contribution is -2.38. The van der Waals surface area contributed by atoms with Crippen molar-refractivity contribution in [2.24, 2.45) is 0 Å². The quantitative estimate of drug-likeness (QED) is 0.463. The summed E-state index contributed by atoms with van der Waals surface area (Å²) in [6.07, 6.45) is 5.00. The van der Waals surface area contributed by atoms with Crippen molar-refractivity contribution in [2.75, 3.05) is 11.1 Å². The predicted octanol–water partition coefficient (Wildman–Crippen LogP) is 5.38. The van der Waals surface area contributed by atoms with Gasteiger partial charge in [-0.15, -0.1) is 11.8 Å². The van der Waals surface area contributed by atoms with Gasteiger partial charge < -0.3 is 5.32 Å². The largest absolute Gasteiger partial charge is 0.310 e. The molecule has 0 radical (unpaired) electrons. The first-order valence-corrected chi connectivity index (χ1v) is 12.7. The van der Waals surface area contributed by atoms with Gasteiger partial charge in [-0.3, -0.25) is 19.6 Å². The molecule has 1 aliphatic rings. The maximum Gasteiger partial charge on any atom is 0.229 e. The Hall–Kier alpha value is -3.06. The van der Waals surface area contributed by atoms with Gasteiger partial charge in [0.1, 0.15) is 5.82 Å². The number of fused-ring (bicyclic) bond motifs is 1. The molecule has 1 aromatic carbocycles. The molecule has 0 spiro atoms. The number of ketones is 1. The van der Waals surface area contributed by atoms with Gasteiger partial charge in [-0.25, -0.2) is 4.98 Å². The maximum absolute atomic E-state index is 13.4. The van der Waals surface area contributed by atoms with Gasteiger partial charge >= 0.3 is 0 Å². The fourth-order valence-electron chi connectivity index (χ4n) is 4.16. The lowest BCUT2D eigenvalue weighted by molar-refractivity contribution is -0.115. The zero-order valence-corrected chi connectivity index (χ0v) is 20.9. The van der Waals surface area contributed by atoms with Gasteiger partial charge in [0, 0.05) is 22.9 Å². The summed E-state index contributed by atoms with van der Waals surface area (Å²) in [7, 11) is 0. The number of hydrogen-bond donors (Lipinski definition) is 1. The van der Waals surface area contributed by atoms with E-state index in [0.717, 1.165) is 17.0 Å². The second-order valence-corrected chi connectivity index (χ2v) is 10.5. The lowest BCUT2D eigenvalue weighted by atomic mass is 9.71. The molecule has 0 fully saturated rings. The van der Waals surface area contributed by atoms with Crippen molar-refractivity contribution >= 4 is 29.3 Å². The molecule has 0 saturated heterocycles. The first kappa shape index (κ1) is 24.1. The minimum absolute atomic E-state index is 0.00392. The highest BCUT2D eigenvalue weighted by atomic mass is 32.2. The van der Waals surface area contributed by atoms with Gasteiger partial charge in [0.2, 0.25) is 5.91 Å². The molecule has 0 bridgehead atoms. The summed E-state index contributed by atoms with van der Waals surface area (Å²) < 4.78 is 0. The molecule has 3 aromatic rings. The first-order valence-electron chi connectivity index (χ1n) is 11.7. The molecule has 176 valence electrons. The van der Waals surface area contributed by atoms with Crippen LogP contribution in [0.5, 0.6) is 0 Å². The fourth-order valence-corrected chi connectivity index (χ4v) is 4.82. The second kappa shape index (κ2) is 10.1. The van der Waals surface area contributed by atoms with E-state index in [1.807, 2.05) is 31.2 Å². The van der Waals surface area contributed by atoms with Crippen LogP contribution in [0.15, 0.2) is 53.7 Å². The number of aryl methyl sites for hydroxylation is 1. The number of hydrogen-bond acceptors (Lipinski definition) is 6. The van der Waals surface area contributed by atoms with Gasteiger partial charge in [0.05, 0.1) is 28.9 Å². The highest BCUT2D eigenvalue weighted by Crippen LogP contribution is 2.37. The summed E-state index contributed by atoms with van der Waals surface area (Å²) in [5, 5.41) is 2.88. The molecule has 2 aromatic heterocycles. The summed E-state index contributed by atoms with van der Waals surface area (Å²) in [4.78, 5) is 40.8. The minimum atomic E-state index is -0.732. The summed E-state index contributed by atoms with van der Waals surface area (Å²) in [6, 6.07) is 11.5. The van der Waals surface area contributed by atoms with Crippen LogP contribution in [0, 0.1) is 0 Å². The van der Waals surface area contributed by atoms with Gasteiger partial charge in [0.15, 0.2) is 5.78 Å². The van der Waals surface area contributed by atoms with Crippen molar-refractivity contribution in [3.63, 3.8) is 0 Å². The van der Waals surface area contributed by atoms with Crippen LogP contribution in [0.4, 0.5) is 5.82 Å². The summed E-state index contributed by atoms with van der Waals surface area (Å²) in [6.45, 7) is 8.18. The third-order valence-corrected chi connectivity index (χ3v) is 7.17. The third kappa shape index (κ3) is 5.04. The summed E-state index contributed by atoms with van der Waals surface area (Å²) in [5.41, 5.74) is 3.12. The minimum Gasteiger partial charge on any atom is -0.310 e. The molecular formula is C27H30N4O2S. The molecule has 1 N–H and O–H groups in total. The number of anilines is 1. The van der Waals surface area contributed by atoms with Crippen molar-refractivity contribution in [3.05, 3.63) is 77.0 Å². The Morgan fingerprint density at radius 2 is 1.88 bits per heavy atom. The topological polar surface area (TPSA) is 84.8 Å². The monoisotopic (exact) mass is 474 g/mol. The van der Waals surface area contributed by atoms with E-state index in [2.05, 4.69) is 41.0 Å². The molecule has 6 nitrogen and oxygen atoms in total. The number of carbonyl (C=O) groups excluding carboxylic acids is 2. The SMILES string of the molecule is CCSc1ccc(CC(=O)Nc2ccc3c(n2)CCC(C)(c2cnc(C(C)C)cn2)C3=O)cc1. The molecule has 1 aliphatic carbocycles. The van der Waals surface area contributed by atoms with Crippen LogP contribution in [0.3, 0.4) is 0 Å². The van der Waals surface area contributed by atoms with E-state index >= 15 is 0 Å². The standard InChI is InChI=1S/C27H30N4O2S/c1-5-34-19-8-6-18(7-9-19)14-25(32)31-24-11-10-20-21(30-24)12-13-27(4,26(20)33)23-16-28-22(15-29-23)17(2)3/h6-11,15-17H,5,12-14H2,1-4H3,(H,30,31,32). The predicted molar refractivity (Wildman–Crippen MR) is 136 cm³/mol. The van der Waals surface area contributed by atoms with E-state index < -0.39 is 5.41 Å². The number of carbonyl (C=O) groups is 2. The Balaban J connectivity index is 1.45. The molecule has 0 aliphatic heterocycles. The molecule has 1 amide bonds. The normalized spacial score (nSPS) is 17.5. The molecule has 34 heavy (non-hydrogen) atoms. The molecule has 1 unspecified atom stereocenters. The number of nitrogens with zero attached hydrogens (tertiary/aromatic N) is 3. The number of amides is 1. The van der Waals surface area contributed by atoms with E-state index in [1.165, 1.54) is 4.90 Å². The average molecular weight is 475 g/mol. The summed E-state index contributed by atoms with van der Waals surface area (Å²) >= 11 is 1.77. The van der Waals surface area contributed by atoms with E-state index in [-0.39, 0.29) is 24.0 Å². The van der Waals surface area contributed by atoms with Gasteiger partial charge in [-0.2, -0.15) is 0 Å². The van der Waals surface area contributed by atoms with Crippen molar-refractivity contribution in [2.45, 2.75) is 63.2 Å². The van der Waals surface area contributed by atoms with Crippen LogP contribution in [0.2, 0.25) is 0 Å². The number of nitrogens with one attached hydrogen (secondary N) is 1. The zero-order chi connectivity index (χ0) is 24.3. The van der Waals surface area contributed by atoms with Crippen LogP contribution in [-0.4, -0.2) is 32.4 Å². The van der Waals surface area contributed by atoms with Crippen LogP contribution in [-0.2, 0) is 23.1 Å². The second-order valence-electron chi connectivity index (χ2n) is 9.14. The highest BCUT2D eigenvalue weighted by Gasteiger charge is 2.42. The Kier molecular flexibility index (Phi) is 7.12. The summed E-state index contributed by atoms with van der Waals surface area (Å²) in [5.74, 6) is 1.64. The number of benzene rings is 1. The van der Waals surface area contributed by atoms with Crippen molar-refractivity contribution < 1.29 is 9.59 Å². The number of thioether (sulfide) groups is 1.